The summed E-state index contributed by atoms with van der Waals surface area (Å²) < 4.78 is 15.9. The molecule has 1 unspecified atom stereocenters. The lowest BCUT2D eigenvalue weighted by Crippen LogP contribution is -2.19. The molecule has 0 aliphatic heterocycles. The summed E-state index contributed by atoms with van der Waals surface area (Å²) in [6, 6.07) is 5.86. The van der Waals surface area contributed by atoms with Crippen LogP contribution in [0.2, 0.25) is 0 Å². The molecule has 88 valence electrons. The second kappa shape index (κ2) is 4.74. The Hall–Kier alpha value is -1.23. The number of rotatable bonds is 4. The minimum atomic E-state index is -2.55. The Balaban J connectivity index is 2.96. The predicted octanol–water partition coefficient (Wildman–Crippen LogP) is 2.19. The number of nitro groups is 1. The molecule has 0 aliphatic carbocycles. The first-order chi connectivity index (χ1) is 7.33. The molecule has 0 heterocycles. The van der Waals surface area contributed by atoms with Crippen LogP contribution < -0.4 is 5.50 Å². The number of hydrogen-bond donors (Lipinski definition) is 1. The first-order valence-electron chi connectivity index (χ1n) is 4.56. The van der Waals surface area contributed by atoms with Gasteiger partial charge in [0.15, 0.2) is 0 Å². The minimum absolute atomic E-state index is 0.0000449. The fourth-order valence-electron chi connectivity index (χ4n) is 1.29. The van der Waals surface area contributed by atoms with E-state index in [1.54, 1.807) is 26.0 Å². The van der Waals surface area contributed by atoms with Crippen molar-refractivity contribution in [2.24, 2.45) is 5.50 Å². The van der Waals surface area contributed by atoms with E-state index < -0.39 is 18.7 Å². The molecule has 7 heteroatoms. The number of hydrogen-bond acceptors (Lipinski definition) is 4. The Bertz CT molecular complexity index is 416. The lowest BCUT2D eigenvalue weighted by atomic mass is 9.98. The third kappa shape index (κ3) is 3.13. The maximum absolute atomic E-state index is 10.8. The van der Waals surface area contributed by atoms with Gasteiger partial charge in [0, 0.05) is 12.1 Å². The van der Waals surface area contributed by atoms with Crippen LogP contribution >= 0.6 is 8.18 Å². The largest absolute Gasteiger partial charge is 0.309 e. The number of nitrogens with two attached hydrogens (primary N) is 1. The van der Waals surface area contributed by atoms with Gasteiger partial charge in [-0.15, -0.1) is 0 Å². The number of nitrogens with zero attached hydrogens (tertiary/aromatic N) is 1. The number of non-ortho nitro benzene ring substituents is 1. The van der Waals surface area contributed by atoms with Gasteiger partial charge >= 0.3 is 0 Å². The molecule has 0 saturated heterocycles. The first-order valence-corrected chi connectivity index (χ1v) is 5.96. The summed E-state index contributed by atoms with van der Waals surface area (Å²) in [5.74, 6) is 0. The summed E-state index contributed by atoms with van der Waals surface area (Å²) in [4.78, 5) is 9.97. The third-order valence-corrected chi connectivity index (χ3v) is 2.84. The average Bonchev–Trinajstić information content (AvgIpc) is 2.16. The SMILES string of the molecule is CC(C)(O[PH](N)=O)c1ccc([N+](=O)[O-])cc1. The lowest BCUT2D eigenvalue weighted by Gasteiger charge is -2.24. The van der Waals surface area contributed by atoms with E-state index in [2.05, 4.69) is 0 Å². The highest BCUT2D eigenvalue weighted by atomic mass is 31.1. The molecule has 1 aromatic carbocycles. The summed E-state index contributed by atoms with van der Waals surface area (Å²) in [6.07, 6.45) is 0. The van der Waals surface area contributed by atoms with Crippen molar-refractivity contribution >= 4 is 13.9 Å². The van der Waals surface area contributed by atoms with Gasteiger partial charge in [-0.3, -0.25) is 20.2 Å². The van der Waals surface area contributed by atoms with E-state index in [9.17, 15) is 14.7 Å². The van der Waals surface area contributed by atoms with Gasteiger partial charge < -0.3 is 4.52 Å². The van der Waals surface area contributed by atoms with Crippen molar-refractivity contribution in [2.75, 3.05) is 0 Å². The van der Waals surface area contributed by atoms with Gasteiger partial charge in [0.05, 0.1) is 10.5 Å². The molecule has 2 N–H and O–H groups in total. The minimum Gasteiger partial charge on any atom is -0.309 e. The Labute approximate surface area is 93.5 Å². The summed E-state index contributed by atoms with van der Waals surface area (Å²) in [7, 11) is -2.55. The van der Waals surface area contributed by atoms with E-state index in [1.165, 1.54) is 12.1 Å². The molecule has 0 aliphatic rings. The fraction of sp³-hybridized carbons (Fsp3) is 0.333. The quantitative estimate of drug-likeness (QED) is 0.497. The van der Waals surface area contributed by atoms with Crippen LogP contribution in [0.25, 0.3) is 0 Å². The zero-order valence-electron chi connectivity index (χ0n) is 8.97. The van der Waals surface area contributed by atoms with Crippen LogP contribution in [0.1, 0.15) is 19.4 Å². The molecule has 1 aromatic rings. The van der Waals surface area contributed by atoms with E-state index in [0.717, 1.165) is 0 Å². The van der Waals surface area contributed by atoms with Crippen molar-refractivity contribution in [3.8, 4) is 0 Å². The van der Waals surface area contributed by atoms with E-state index in [4.69, 9.17) is 10.0 Å². The molecular formula is C9H13N2O4P. The van der Waals surface area contributed by atoms with Crippen LogP contribution in [0.15, 0.2) is 24.3 Å². The van der Waals surface area contributed by atoms with E-state index >= 15 is 0 Å². The highest BCUT2D eigenvalue weighted by Crippen LogP contribution is 2.33. The molecule has 1 atom stereocenters. The van der Waals surface area contributed by atoms with Gasteiger partial charge in [0.2, 0.25) is 0 Å². The molecule has 16 heavy (non-hydrogen) atoms. The van der Waals surface area contributed by atoms with E-state index in [1.807, 2.05) is 0 Å². The zero-order chi connectivity index (χ0) is 12.3. The Morgan fingerprint density at radius 3 is 2.25 bits per heavy atom. The summed E-state index contributed by atoms with van der Waals surface area (Å²) in [5.41, 5.74) is 4.97. The Kier molecular flexibility index (Phi) is 3.80. The molecule has 6 nitrogen and oxygen atoms in total. The number of benzene rings is 1. The third-order valence-electron chi connectivity index (χ3n) is 2.13. The molecule has 0 amide bonds. The van der Waals surface area contributed by atoms with Crippen LogP contribution in [0, 0.1) is 10.1 Å². The van der Waals surface area contributed by atoms with Crippen molar-refractivity contribution in [1.29, 1.82) is 0 Å². The fourth-order valence-corrected chi connectivity index (χ4v) is 1.92. The molecule has 1 rings (SSSR count). The normalized spacial score (nSPS) is 13.4. The second-order valence-electron chi connectivity index (χ2n) is 3.74. The predicted molar refractivity (Wildman–Crippen MR) is 60.4 cm³/mol. The smallest absolute Gasteiger partial charge is 0.269 e. The maximum atomic E-state index is 10.8. The van der Waals surface area contributed by atoms with Gasteiger partial charge in [0.1, 0.15) is 0 Å². The van der Waals surface area contributed by atoms with Crippen molar-refractivity contribution in [3.63, 3.8) is 0 Å². The molecule has 0 radical (unpaired) electrons. The number of nitro benzene ring substituents is 1. The van der Waals surface area contributed by atoms with Crippen molar-refractivity contribution in [3.05, 3.63) is 39.9 Å². The van der Waals surface area contributed by atoms with Crippen molar-refractivity contribution in [1.82, 2.24) is 0 Å². The summed E-state index contributed by atoms with van der Waals surface area (Å²) in [5, 5.41) is 10.4. The van der Waals surface area contributed by atoms with Crippen molar-refractivity contribution < 1.29 is 14.0 Å². The molecule has 0 bridgehead atoms. The Morgan fingerprint density at radius 1 is 1.38 bits per heavy atom. The van der Waals surface area contributed by atoms with E-state index in [0.29, 0.717) is 5.56 Å². The molecule has 0 saturated carbocycles. The first kappa shape index (κ1) is 12.8. The molecule has 0 spiro atoms. The molecule has 0 fully saturated rings. The maximum Gasteiger partial charge on any atom is 0.269 e. The van der Waals surface area contributed by atoms with Crippen LogP contribution in [-0.4, -0.2) is 4.92 Å². The van der Waals surface area contributed by atoms with Gasteiger partial charge in [-0.05, 0) is 31.5 Å². The Morgan fingerprint density at radius 2 is 1.88 bits per heavy atom. The topological polar surface area (TPSA) is 95.5 Å². The lowest BCUT2D eigenvalue weighted by molar-refractivity contribution is -0.384. The van der Waals surface area contributed by atoms with Crippen LogP contribution in [0.5, 0.6) is 0 Å². The van der Waals surface area contributed by atoms with Gasteiger partial charge in [-0.1, -0.05) is 0 Å². The van der Waals surface area contributed by atoms with Crippen molar-refractivity contribution in [2.45, 2.75) is 19.4 Å². The van der Waals surface area contributed by atoms with Gasteiger partial charge in [0.25, 0.3) is 13.9 Å². The average molecular weight is 244 g/mol. The highest BCUT2D eigenvalue weighted by Gasteiger charge is 2.23. The highest BCUT2D eigenvalue weighted by molar-refractivity contribution is 7.36. The summed E-state index contributed by atoms with van der Waals surface area (Å²) >= 11 is 0. The van der Waals surface area contributed by atoms with E-state index in [-0.39, 0.29) is 5.69 Å². The van der Waals surface area contributed by atoms with Gasteiger partial charge in [-0.25, -0.2) is 0 Å². The standard InChI is InChI=1S/C9H13N2O4P/c1-9(2,15-16(10)14)7-3-5-8(6-4-7)11(12)13/h3-6,16H,1-2H3,(H2,10,14). The molecular weight excluding hydrogens is 231 g/mol. The van der Waals surface area contributed by atoms with Crippen LogP contribution in [0.4, 0.5) is 5.69 Å². The van der Waals surface area contributed by atoms with Gasteiger partial charge in [-0.2, -0.15) is 0 Å². The second-order valence-corrected chi connectivity index (χ2v) is 4.58. The van der Waals surface area contributed by atoms with Crippen LogP contribution in [0.3, 0.4) is 0 Å². The molecule has 0 aromatic heterocycles. The van der Waals surface area contributed by atoms with Crippen LogP contribution in [-0.2, 0) is 14.7 Å². The zero-order valence-corrected chi connectivity index (χ0v) is 9.97. The summed E-state index contributed by atoms with van der Waals surface area (Å²) in [6.45, 7) is 3.40. The monoisotopic (exact) mass is 244 g/mol.